The summed E-state index contributed by atoms with van der Waals surface area (Å²) < 4.78 is 29.1. The molecule has 0 radical (unpaired) electrons. The number of fused-ring (bicyclic) bond motifs is 1. The van der Waals surface area contributed by atoms with Crippen LogP contribution in [0.15, 0.2) is 14.7 Å². The fraction of sp³-hybridized carbons (Fsp3) is 0.733. The summed E-state index contributed by atoms with van der Waals surface area (Å²) in [5.41, 5.74) is 7.53. The summed E-state index contributed by atoms with van der Waals surface area (Å²) in [5.74, 6) is -1.04. The van der Waals surface area contributed by atoms with Crippen LogP contribution in [0.1, 0.15) is 25.6 Å². The topological polar surface area (TPSA) is 150 Å². The van der Waals surface area contributed by atoms with Crippen LogP contribution in [-0.2, 0) is 23.7 Å². The molecule has 12 nitrogen and oxygen atoms in total. The number of hydrogen-bond donors (Lipinski definition) is 1. The molecule has 2 saturated heterocycles. The maximum absolute atomic E-state index is 12.5. The zero-order chi connectivity index (χ0) is 19.8. The predicted molar refractivity (Wildman–Crippen MR) is 90.4 cm³/mol. The summed E-state index contributed by atoms with van der Waals surface area (Å²) in [6.07, 6.45) is -2.74. The van der Waals surface area contributed by atoms with E-state index in [2.05, 4.69) is 15.0 Å². The van der Waals surface area contributed by atoms with Gasteiger partial charge in [0.05, 0.1) is 6.61 Å². The van der Waals surface area contributed by atoms with Crippen LogP contribution in [-0.4, -0.2) is 54.2 Å². The molecule has 0 amide bonds. The van der Waals surface area contributed by atoms with Crippen molar-refractivity contribution in [3.8, 4) is 0 Å². The van der Waals surface area contributed by atoms with Crippen molar-refractivity contribution in [2.75, 3.05) is 20.5 Å². The molecule has 2 fully saturated rings. The van der Waals surface area contributed by atoms with Crippen LogP contribution >= 0.6 is 0 Å². The second-order valence-corrected chi connectivity index (χ2v) is 6.67. The minimum Gasteiger partial charge on any atom is -0.359 e. The molecule has 0 aromatic carbocycles. The Balaban J connectivity index is 2.04. The smallest absolute Gasteiger partial charge is 0.330 e. The van der Waals surface area contributed by atoms with Crippen molar-refractivity contribution < 1.29 is 23.7 Å². The van der Waals surface area contributed by atoms with E-state index in [1.54, 1.807) is 13.8 Å². The van der Waals surface area contributed by atoms with Gasteiger partial charge >= 0.3 is 5.69 Å². The van der Waals surface area contributed by atoms with Gasteiger partial charge in [0.15, 0.2) is 12.0 Å². The molecule has 0 spiro atoms. The molecule has 148 valence electrons. The van der Waals surface area contributed by atoms with Gasteiger partial charge in [0.2, 0.25) is 0 Å². The largest absolute Gasteiger partial charge is 0.359 e. The normalized spacial score (nSPS) is 28.7. The number of nitrogens with one attached hydrogen (secondary N) is 1. The van der Waals surface area contributed by atoms with Gasteiger partial charge in [0, 0.05) is 17.6 Å². The van der Waals surface area contributed by atoms with E-state index >= 15 is 0 Å². The van der Waals surface area contributed by atoms with Crippen molar-refractivity contribution in [3.05, 3.63) is 36.8 Å². The van der Waals surface area contributed by atoms with Gasteiger partial charge in [-0.05, 0) is 31.4 Å². The summed E-state index contributed by atoms with van der Waals surface area (Å²) >= 11 is 0. The van der Waals surface area contributed by atoms with E-state index < -0.39 is 41.6 Å². The minimum absolute atomic E-state index is 0.0633. The standard InChI is InChI=1S/C15H21N5O7/c1-7-11(18-19-16)20(14(22)17-12(7)21)13-10-9(26-15(2,3)27-10)8(25-13)5-24-6-23-4/h8-10,13H,5-6H2,1-4H3,(H,17,21,22)/t8-,9-,10-,13-/m1/s1. The van der Waals surface area contributed by atoms with E-state index in [0.717, 1.165) is 4.57 Å². The lowest BCUT2D eigenvalue weighted by Crippen LogP contribution is -2.38. The van der Waals surface area contributed by atoms with Gasteiger partial charge in [-0.15, -0.1) is 0 Å². The first-order valence-corrected chi connectivity index (χ1v) is 8.27. The highest BCUT2D eigenvalue weighted by Gasteiger charge is 2.56. The molecule has 2 aliphatic rings. The Morgan fingerprint density at radius 2 is 2.04 bits per heavy atom. The van der Waals surface area contributed by atoms with Gasteiger partial charge < -0.3 is 23.7 Å². The molecule has 12 heteroatoms. The van der Waals surface area contributed by atoms with Crippen molar-refractivity contribution in [3.63, 3.8) is 0 Å². The van der Waals surface area contributed by atoms with E-state index in [1.807, 2.05) is 0 Å². The molecule has 1 N–H and O–H groups in total. The van der Waals surface area contributed by atoms with Gasteiger partial charge in [-0.25, -0.2) is 4.79 Å². The molecule has 3 heterocycles. The monoisotopic (exact) mass is 383 g/mol. The fourth-order valence-corrected chi connectivity index (χ4v) is 3.28. The first kappa shape index (κ1) is 19.5. The summed E-state index contributed by atoms with van der Waals surface area (Å²) in [6.45, 7) is 5.13. The van der Waals surface area contributed by atoms with E-state index in [4.69, 9.17) is 29.2 Å². The van der Waals surface area contributed by atoms with Crippen molar-refractivity contribution in [2.45, 2.75) is 51.1 Å². The number of azide groups is 1. The van der Waals surface area contributed by atoms with E-state index in [9.17, 15) is 9.59 Å². The number of aromatic nitrogens is 2. The molecule has 2 aliphatic heterocycles. The summed E-state index contributed by atoms with van der Waals surface area (Å²) in [5, 5.41) is 3.52. The first-order chi connectivity index (χ1) is 12.8. The Morgan fingerprint density at radius 3 is 2.70 bits per heavy atom. The highest BCUT2D eigenvalue weighted by atomic mass is 16.8. The Labute approximate surface area is 153 Å². The number of nitrogens with zero attached hydrogens (tertiary/aromatic N) is 4. The second kappa shape index (κ2) is 7.43. The first-order valence-electron chi connectivity index (χ1n) is 8.27. The van der Waals surface area contributed by atoms with Crippen molar-refractivity contribution >= 4 is 5.82 Å². The van der Waals surface area contributed by atoms with Crippen LogP contribution in [0.3, 0.4) is 0 Å². The van der Waals surface area contributed by atoms with E-state index in [-0.39, 0.29) is 24.8 Å². The van der Waals surface area contributed by atoms with Crippen molar-refractivity contribution in [1.29, 1.82) is 0 Å². The van der Waals surface area contributed by atoms with Crippen molar-refractivity contribution in [1.82, 2.24) is 9.55 Å². The molecule has 0 unspecified atom stereocenters. The highest BCUT2D eigenvalue weighted by Crippen LogP contribution is 2.43. The van der Waals surface area contributed by atoms with Crippen molar-refractivity contribution in [2.24, 2.45) is 5.11 Å². The molecule has 0 saturated carbocycles. The van der Waals surface area contributed by atoms with Gasteiger partial charge in [0.1, 0.15) is 30.9 Å². The van der Waals surface area contributed by atoms with Gasteiger partial charge in [-0.1, -0.05) is 0 Å². The zero-order valence-corrected chi connectivity index (χ0v) is 15.4. The maximum atomic E-state index is 12.5. The number of H-pyrrole nitrogens is 1. The molecule has 3 rings (SSSR count). The van der Waals surface area contributed by atoms with Crippen LogP contribution in [0.4, 0.5) is 5.82 Å². The van der Waals surface area contributed by atoms with E-state index in [1.165, 1.54) is 14.0 Å². The molecule has 1 aromatic rings. The Kier molecular flexibility index (Phi) is 5.38. The zero-order valence-electron chi connectivity index (χ0n) is 15.4. The number of hydrogen-bond acceptors (Lipinski definition) is 8. The molecule has 1 aromatic heterocycles. The molecule has 4 atom stereocenters. The molecule has 0 aliphatic carbocycles. The van der Waals surface area contributed by atoms with Crippen LogP contribution in [0.5, 0.6) is 0 Å². The number of rotatable bonds is 6. The summed E-state index contributed by atoms with van der Waals surface area (Å²) in [7, 11) is 1.49. The van der Waals surface area contributed by atoms with Crippen LogP contribution in [0, 0.1) is 6.92 Å². The maximum Gasteiger partial charge on any atom is 0.330 e. The van der Waals surface area contributed by atoms with Crippen LogP contribution in [0.25, 0.3) is 10.4 Å². The van der Waals surface area contributed by atoms with Crippen LogP contribution < -0.4 is 11.2 Å². The van der Waals surface area contributed by atoms with Gasteiger partial charge in [-0.2, -0.15) is 0 Å². The number of aromatic amines is 1. The molecular formula is C15H21N5O7. The number of methoxy groups -OCH3 is 1. The van der Waals surface area contributed by atoms with Gasteiger partial charge in [0.25, 0.3) is 5.56 Å². The SMILES string of the molecule is COCOC[C@H]1O[C@@H](n2c(N=[N+]=[N-])c(C)c(=O)[nH]c2=O)[C@@H]2OC(C)(C)O[C@@H]21. The molecule has 0 bridgehead atoms. The lowest BCUT2D eigenvalue weighted by Gasteiger charge is -2.25. The third-order valence-corrected chi connectivity index (χ3v) is 4.35. The Morgan fingerprint density at radius 1 is 1.33 bits per heavy atom. The highest BCUT2D eigenvalue weighted by molar-refractivity contribution is 5.37. The summed E-state index contributed by atoms with van der Waals surface area (Å²) in [6, 6.07) is 0. The predicted octanol–water partition coefficient (Wildman–Crippen LogP) is 0.825. The van der Waals surface area contributed by atoms with Crippen LogP contribution in [0.2, 0.25) is 0 Å². The quantitative estimate of drug-likeness (QED) is 0.251. The average Bonchev–Trinajstić information content (AvgIpc) is 3.07. The molecular weight excluding hydrogens is 362 g/mol. The molecule has 27 heavy (non-hydrogen) atoms. The van der Waals surface area contributed by atoms with E-state index in [0.29, 0.717) is 0 Å². The average molecular weight is 383 g/mol. The van der Waals surface area contributed by atoms with Gasteiger partial charge in [-0.3, -0.25) is 14.3 Å². The lowest BCUT2D eigenvalue weighted by molar-refractivity contribution is -0.205. The second-order valence-electron chi connectivity index (χ2n) is 6.67. The fourth-order valence-electron chi connectivity index (χ4n) is 3.28. The lowest BCUT2D eigenvalue weighted by atomic mass is 10.1. The Bertz CT molecular complexity index is 872. The number of ether oxygens (including phenoxy) is 5. The minimum atomic E-state index is -0.975. The third-order valence-electron chi connectivity index (χ3n) is 4.35. The Hall–Kier alpha value is -2.21. The summed E-state index contributed by atoms with van der Waals surface area (Å²) in [4.78, 5) is 29.3. The third kappa shape index (κ3) is 3.63.